The average molecular weight is 967 g/mol. The Labute approximate surface area is 420 Å². The van der Waals surface area contributed by atoms with E-state index in [-0.39, 0.29) is 53.7 Å². The summed E-state index contributed by atoms with van der Waals surface area (Å²) in [5.74, 6) is 5.13. The van der Waals surface area contributed by atoms with Crippen molar-refractivity contribution < 1.29 is 28.7 Å². The predicted octanol–water partition coefficient (Wildman–Crippen LogP) is 6.70. The van der Waals surface area contributed by atoms with Crippen LogP contribution in [0.3, 0.4) is 0 Å². The highest BCUT2D eigenvalue weighted by Crippen LogP contribution is 2.43. The van der Waals surface area contributed by atoms with Gasteiger partial charge >= 0.3 is 5.97 Å². The lowest BCUT2D eigenvalue weighted by atomic mass is 9.84. The smallest absolute Gasteiger partial charge is 0.324 e. The van der Waals surface area contributed by atoms with Crippen molar-refractivity contribution in [2.75, 3.05) is 59.5 Å². The number of nitrogens with one attached hydrogen (secondary N) is 2. The molecule has 7 heterocycles. The molecule has 1 spiro atoms. The van der Waals surface area contributed by atoms with Crippen LogP contribution in [0.25, 0.3) is 33.3 Å². The zero-order valence-corrected chi connectivity index (χ0v) is 43.4. The molecule has 2 N–H and O–H groups in total. The molecular weight excluding hydrogens is 893 g/mol. The van der Waals surface area contributed by atoms with Gasteiger partial charge in [0.2, 0.25) is 5.91 Å². The van der Waals surface area contributed by atoms with Gasteiger partial charge in [0.1, 0.15) is 12.1 Å². The first-order chi connectivity index (χ1) is 33.9. The second-order valence-electron chi connectivity index (χ2n) is 22.7. The molecule has 5 aliphatic heterocycles. The number of likely N-dealkylation sites (tertiary alicyclic amines) is 3. The van der Waals surface area contributed by atoms with Gasteiger partial charge in [-0.15, -0.1) is 0 Å². The Morgan fingerprint density at radius 2 is 1.73 bits per heavy atom. The molecule has 3 amide bonds. The minimum absolute atomic E-state index is 0.0560. The van der Waals surface area contributed by atoms with Crippen LogP contribution in [0.4, 0.5) is 0 Å². The molecule has 2 aromatic heterocycles. The largest absolute Gasteiger partial charge is 0.464 e. The molecule has 4 fully saturated rings. The van der Waals surface area contributed by atoms with Gasteiger partial charge in [0.25, 0.3) is 11.8 Å². The maximum absolute atomic E-state index is 14.9. The molecule has 0 aliphatic carbocycles. The minimum Gasteiger partial charge on any atom is -0.464 e. The van der Waals surface area contributed by atoms with Gasteiger partial charge in [-0.3, -0.25) is 39.0 Å². The number of amides is 3. The van der Waals surface area contributed by atoms with E-state index in [0.717, 1.165) is 82.5 Å². The van der Waals surface area contributed by atoms with Gasteiger partial charge in [-0.05, 0) is 124 Å². The fraction of sp³-hybridized carbons (Fsp3) is 0.561. The Balaban J connectivity index is 1.01. The lowest BCUT2D eigenvalue weighted by Gasteiger charge is -2.41. The van der Waals surface area contributed by atoms with E-state index in [0.29, 0.717) is 52.0 Å². The molecule has 14 heteroatoms. The Morgan fingerprint density at radius 1 is 0.958 bits per heavy atom. The number of methoxy groups -OCH3 is 1. The number of fused-ring (bicyclic) bond motifs is 6. The maximum atomic E-state index is 14.9. The number of benzene rings is 2. The summed E-state index contributed by atoms with van der Waals surface area (Å²) in [6, 6.07) is 16.7. The highest BCUT2D eigenvalue weighted by atomic mass is 16.5. The van der Waals surface area contributed by atoms with E-state index >= 15 is 0 Å². The zero-order chi connectivity index (χ0) is 50.4. The molecule has 6 bridgehead atoms. The summed E-state index contributed by atoms with van der Waals surface area (Å²) in [4.78, 5) is 68.4. The average Bonchev–Trinajstić information content (AvgIpc) is 4.02. The second-order valence-corrected chi connectivity index (χ2v) is 22.7. The number of hydrogen-bond donors (Lipinski definition) is 2. The fourth-order valence-electron chi connectivity index (χ4n) is 11.8. The van der Waals surface area contributed by atoms with Gasteiger partial charge in [0.05, 0.1) is 35.7 Å². The van der Waals surface area contributed by atoms with Crippen molar-refractivity contribution >= 4 is 34.6 Å². The highest BCUT2D eigenvalue weighted by Gasteiger charge is 2.48. The van der Waals surface area contributed by atoms with Gasteiger partial charge in [0.15, 0.2) is 0 Å². The Kier molecular flexibility index (Phi) is 14.3. The number of carbonyl (C=O) groups is 4. The summed E-state index contributed by atoms with van der Waals surface area (Å²) >= 11 is 0. The molecule has 5 atom stereocenters. The number of pyridine rings is 1. The molecule has 378 valence electrons. The number of esters is 1. The predicted molar refractivity (Wildman–Crippen MR) is 275 cm³/mol. The fourth-order valence-corrected chi connectivity index (χ4v) is 11.8. The van der Waals surface area contributed by atoms with Crippen molar-refractivity contribution in [2.24, 2.45) is 23.8 Å². The molecule has 0 unspecified atom stereocenters. The number of carbonyl (C=O) groups excluding carboxylic acids is 4. The van der Waals surface area contributed by atoms with Crippen molar-refractivity contribution in [3.63, 3.8) is 0 Å². The number of aryl methyl sites for hydroxylation is 1. The summed E-state index contributed by atoms with van der Waals surface area (Å²) in [5, 5.41) is 5.88. The van der Waals surface area contributed by atoms with E-state index in [1.54, 1.807) is 13.3 Å². The number of rotatable bonds is 8. The van der Waals surface area contributed by atoms with E-state index in [4.69, 9.17) is 14.5 Å². The number of ether oxygens (including phenoxy) is 2. The van der Waals surface area contributed by atoms with Crippen molar-refractivity contribution in [3.05, 3.63) is 77.6 Å². The van der Waals surface area contributed by atoms with Crippen molar-refractivity contribution in [1.29, 1.82) is 0 Å². The number of hydrogen-bond acceptors (Lipinski definition) is 10. The topological polar surface area (TPSA) is 142 Å². The number of hydrazine groups is 1. The molecule has 14 nitrogen and oxygen atoms in total. The Hall–Kier alpha value is -5.59. The van der Waals surface area contributed by atoms with Crippen LogP contribution >= 0.6 is 0 Å². The van der Waals surface area contributed by atoms with E-state index < -0.39 is 29.5 Å². The van der Waals surface area contributed by atoms with Crippen molar-refractivity contribution in [3.8, 4) is 34.2 Å². The van der Waals surface area contributed by atoms with E-state index in [9.17, 15) is 19.2 Å². The Morgan fingerprint density at radius 3 is 2.48 bits per heavy atom. The quantitative estimate of drug-likeness (QED) is 0.145. The van der Waals surface area contributed by atoms with Crippen LogP contribution in [0, 0.1) is 28.6 Å². The van der Waals surface area contributed by atoms with Gasteiger partial charge in [-0.1, -0.05) is 63.9 Å². The lowest BCUT2D eigenvalue weighted by molar-refractivity contribution is -0.155. The molecule has 9 rings (SSSR count). The van der Waals surface area contributed by atoms with E-state index in [2.05, 4.69) is 122 Å². The molecule has 5 aliphatic rings. The standard InChI is InChI=1S/C57H74N8O6/c1-37(2)50(63-29-23-57(35-63)22-28-62(34-57)48(66)20-21-56(6,7)64-25-13-26-64)52(67)59-46-31-39-14-10-15-40(30-39)41-18-19-47-43(32-41)44(51(61(47)8)42-16-11-24-58-49(42)38(3)70-9)33-55(4,5)36-71-54(69)45-17-12-27-65(60-45)53(46)68/h10-11,14-16,18-19,24,30,32,37-38,45-46,50,60H,12-13,17,22-23,25-29,31,33-36H2,1-9H3,(H,59,67)/t38-,45-,46-,50-,57-/m0/s1. The number of nitrogens with zero attached hydrogens (tertiary/aromatic N) is 6. The van der Waals surface area contributed by atoms with Crippen LogP contribution in [-0.4, -0.2) is 136 Å². The molecule has 2 aromatic carbocycles. The third-order valence-electron chi connectivity index (χ3n) is 16.1. The molecular formula is C57H74N8O6. The van der Waals surface area contributed by atoms with Crippen molar-refractivity contribution in [1.82, 2.24) is 40.0 Å². The van der Waals surface area contributed by atoms with Gasteiger partial charge < -0.3 is 24.3 Å². The van der Waals surface area contributed by atoms with Crippen LogP contribution in [0.2, 0.25) is 0 Å². The summed E-state index contributed by atoms with van der Waals surface area (Å²) in [5.41, 5.74) is 10.3. The summed E-state index contributed by atoms with van der Waals surface area (Å²) in [7, 11) is 3.79. The third kappa shape index (κ3) is 10.4. The third-order valence-corrected chi connectivity index (χ3v) is 16.1. The zero-order valence-electron chi connectivity index (χ0n) is 43.4. The lowest BCUT2D eigenvalue weighted by Crippen LogP contribution is -2.62. The first kappa shape index (κ1) is 50.4. The number of aromatic nitrogens is 2. The van der Waals surface area contributed by atoms with E-state index in [1.165, 1.54) is 5.01 Å². The van der Waals surface area contributed by atoms with Gasteiger partial charge in [-0.2, -0.15) is 0 Å². The first-order valence-corrected chi connectivity index (χ1v) is 25.9. The molecule has 4 aromatic rings. The normalized spacial score (nSPS) is 24.0. The minimum atomic E-state index is -0.928. The van der Waals surface area contributed by atoms with E-state index in [1.807, 2.05) is 30.0 Å². The van der Waals surface area contributed by atoms with Crippen molar-refractivity contribution in [2.45, 2.75) is 123 Å². The molecule has 0 radical (unpaired) electrons. The van der Waals surface area contributed by atoms with Gasteiger partial charge in [0, 0.05) is 93.3 Å². The monoisotopic (exact) mass is 967 g/mol. The van der Waals surface area contributed by atoms with Crippen LogP contribution in [0.1, 0.15) is 103 Å². The first-order valence-electron chi connectivity index (χ1n) is 25.9. The summed E-state index contributed by atoms with van der Waals surface area (Å²) in [6.07, 6.45) is 6.41. The van der Waals surface area contributed by atoms with Gasteiger partial charge in [-0.25, -0.2) is 5.43 Å². The van der Waals surface area contributed by atoms with Crippen LogP contribution in [-0.2, 0) is 48.5 Å². The molecule has 71 heavy (non-hydrogen) atoms. The Bertz CT molecular complexity index is 2750. The van der Waals surface area contributed by atoms with Crippen LogP contribution < -0.4 is 10.7 Å². The SMILES string of the molecule is CO[C@@H](C)c1ncccc1-c1c2c3cc(ccc3n1C)-c1cccc(c1)C[C@H](NC(=O)[C@H](C(C)C)N1CC[C@]3(CCN(C(=O)C#CC(C)(C)N4CCC4)C3)C1)C(=O)N1CCC[C@H](N1)C(=O)OCC(C)(C)C2. The second kappa shape index (κ2) is 20.1. The van der Waals surface area contributed by atoms with Crippen LogP contribution in [0.15, 0.2) is 60.8 Å². The molecule has 0 saturated carbocycles. The highest BCUT2D eigenvalue weighted by molar-refractivity contribution is 5.96. The van der Waals surface area contributed by atoms with Crippen LogP contribution in [0.5, 0.6) is 0 Å². The number of cyclic esters (lactones) is 1. The summed E-state index contributed by atoms with van der Waals surface area (Å²) in [6.45, 7) is 19.8. The summed E-state index contributed by atoms with van der Waals surface area (Å²) < 4.78 is 14.2. The molecule has 4 saturated heterocycles. The maximum Gasteiger partial charge on any atom is 0.324 e.